The molecule has 0 aliphatic carbocycles. The van der Waals surface area contributed by atoms with Crippen molar-refractivity contribution in [2.75, 3.05) is 33.3 Å². The van der Waals surface area contributed by atoms with E-state index < -0.39 is 27.0 Å². The highest BCUT2D eigenvalue weighted by atomic mass is 35.5. The lowest BCUT2D eigenvalue weighted by Gasteiger charge is -2.36. The molecule has 1 aromatic heterocycles. The number of benzene rings is 2. The highest BCUT2D eigenvalue weighted by molar-refractivity contribution is 7.92. The summed E-state index contributed by atoms with van der Waals surface area (Å²) >= 11 is 5.89. The van der Waals surface area contributed by atoms with E-state index in [1.165, 1.54) is 54.7 Å². The van der Waals surface area contributed by atoms with Gasteiger partial charge in [0.25, 0.3) is 17.7 Å². The normalized spacial score (nSPS) is 14.6. The summed E-state index contributed by atoms with van der Waals surface area (Å²) in [5, 5.41) is 0.715. The van der Waals surface area contributed by atoms with Crippen molar-refractivity contribution in [3.63, 3.8) is 0 Å². The van der Waals surface area contributed by atoms with Crippen molar-refractivity contribution in [1.82, 2.24) is 15.1 Å². The number of carbonyl (C=O) groups excluding carboxylic acids is 3. The number of rotatable bonds is 7. The van der Waals surface area contributed by atoms with Crippen molar-refractivity contribution < 1.29 is 32.0 Å². The smallest absolute Gasteiger partial charge is 0.288 e. The van der Waals surface area contributed by atoms with Crippen LogP contribution in [-0.4, -0.2) is 74.6 Å². The molecule has 37 heavy (non-hydrogen) atoms. The monoisotopic (exact) mass is 545 g/mol. The van der Waals surface area contributed by atoms with E-state index >= 15 is 0 Å². The first-order valence-corrected chi connectivity index (χ1v) is 13.2. The van der Waals surface area contributed by atoms with Crippen LogP contribution in [0.25, 0.3) is 0 Å². The number of methoxy groups -OCH3 is 1. The summed E-state index contributed by atoms with van der Waals surface area (Å²) in [6, 6.07) is 14.8. The van der Waals surface area contributed by atoms with Gasteiger partial charge in [0, 0.05) is 36.8 Å². The van der Waals surface area contributed by atoms with Crippen molar-refractivity contribution >= 4 is 39.2 Å². The molecule has 0 radical (unpaired) electrons. The molecular weight excluding hydrogens is 522 g/mol. The molecule has 0 spiro atoms. The fourth-order valence-corrected chi connectivity index (χ4v) is 5.43. The van der Waals surface area contributed by atoms with E-state index in [0.717, 1.165) is 0 Å². The van der Waals surface area contributed by atoms with Crippen LogP contribution in [0.1, 0.15) is 20.9 Å². The Balaban J connectivity index is 1.51. The molecule has 2 heterocycles. The van der Waals surface area contributed by atoms with E-state index in [9.17, 15) is 22.8 Å². The zero-order valence-electron chi connectivity index (χ0n) is 19.8. The van der Waals surface area contributed by atoms with Crippen LogP contribution in [0.5, 0.6) is 5.75 Å². The largest absolute Gasteiger partial charge is 0.497 e. The molecule has 0 saturated carbocycles. The minimum absolute atomic E-state index is 0.0873. The number of carbonyl (C=O) groups is 3. The van der Waals surface area contributed by atoms with Gasteiger partial charge in [-0.2, -0.15) is 0 Å². The Kier molecular flexibility index (Phi) is 7.84. The third-order valence-corrected chi connectivity index (χ3v) is 8.02. The van der Waals surface area contributed by atoms with Gasteiger partial charge < -0.3 is 24.3 Å². The zero-order chi connectivity index (χ0) is 26.6. The standard InChI is InChI=1S/C25H24ClN3O7S/c1-35-19-8-4-17(5-9-19)24(31)28-12-14-29(15-13-28)25(32)23(27-22(30)21-3-2-16-36-21)37(33,34)20-10-6-18(26)7-11-20/h2-11,16,23H,12-15H2,1H3,(H,27,30)/t23-/m0/s1. The summed E-state index contributed by atoms with van der Waals surface area (Å²) in [5.41, 5.74) is 0.467. The van der Waals surface area contributed by atoms with E-state index in [1.807, 2.05) is 0 Å². The van der Waals surface area contributed by atoms with Crippen molar-refractivity contribution in [2.45, 2.75) is 10.3 Å². The first kappa shape index (κ1) is 26.2. The predicted molar refractivity (Wildman–Crippen MR) is 134 cm³/mol. The Morgan fingerprint density at radius 3 is 2.14 bits per heavy atom. The number of hydrogen-bond acceptors (Lipinski definition) is 7. The third-order valence-electron chi connectivity index (χ3n) is 5.90. The lowest BCUT2D eigenvalue weighted by atomic mass is 10.1. The summed E-state index contributed by atoms with van der Waals surface area (Å²) in [6.45, 7) is 0.556. The van der Waals surface area contributed by atoms with Gasteiger partial charge in [-0.1, -0.05) is 11.6 Å². The number of halogens is 1. The average Bonchev–Trinajstić information content (AvgIpc) is 3.46. The number of furan rings is 1. The molecule has 3 aromatic rings. The lowest BCUT2D eigenvalue weighted by Crippen LogP contribution is -2.57. The second kappa shape index (κ2) is 11.1. The van der Waals surface area contributed by atoms with Gasteiger partial charge in [-0.25, -0.2) is 8.42 Å². The molecule has 10 nitrogen and oxygen atoms in total. The van der Waals surface area contributed by atoms with E-state index in [1.54, 1.807) is 29.2 Å². The summed E-state index contributed by atoms with van der Waals surface area (Å²) in [7, 11) is -2.82. The van der Waals surface area contributed by atoms with Crippen molar-refractivity contribution in [3.8, 4) is 5.75 Å². The van der Waals surface area contributed by atoms with Crippen LogP contribution < -0.4 is 10.1 Å². The quantitative estimate of drug-likeness (QED) is 0.483. The molecule has 1 atom stereocenters. The molecule has 2 aromatic carbocycles. The van der Waals surface area contributed by atoms with Gasteiger partial charge in [0.05, 0.1) is 18.3 Å². The van der Waals surface area contributed by atoms with Crippen molar-refractivity contribution in [1.29, 1.82) is 0 Å². The molecule has 1 aliphatic heterocycles. The Morgan fingerprint density at radius 1 is 0.946 bits per heavy atom. The van der Waals surface area contributed by atoms with Crippen LogP contribution in [0, 0.1) is 0 Å². The maximum absolute atomic E-state index is 13.5. The van der Waals surface area contributed by atoms with Crippen LogP contribution in [0.3, 0.4) is 0 Å². The molecule has 1 aliphatic rings. The Hall–Kier alpha value is -3.83. The maximum Gasteiger partial charge on any atom is 0.288 e. The Morgan fingerprint density at radius 2 is 1.57 bits per heavy atom. The highest BCUT2D eigenvalue weighted by Gasteiger charge is 2.40. The summed E-state index contributed by atoms with van der Waals surface area (Å²) in [6.07, 6.45) is 1.26. The fraction of sp³-hybridized carbons (Fsp3) is 0.240. The van der Waals surface area contributed by atoms with E-state index in [0.29, 0.717) is 16.3 Å². The minimum atomic E-state index is -4.35. The number of ether oxygens (including phenoxy) is 1. The highest BCUT2D eigenvalue weighted by Crippen LogP contribution is 2.21. The topological polar surface area (TPSA) is 126 Å². The third kappa shape index (κ3) is 5.78. The van der Waals surface area contributed by atoms with E-state index in [-0.39, 0.29) is 42.7 Å². The van der Waals surface area contributed by atoms with Crippen LogP contribution in [0.15, 0.2) is 76.2 Å². The molecule has 1 saturated heterocycles. The molecule has 194 valence electrons. The minimum Gasteiger partial charge on any atom is -0.497 e. The second-order valence-electron chi connectivity index (χ2n) is 8.18. The van der Waals surface area contributed by atoms with Gasteiger partial charge in [-0.05, 0) is 60.7 Å². The molecular formula is C25H24ClN3O7S. The summed E-state index contributed by atoms with van der Waals surface area (Å²) < 4.78 is 37.0. The summed E-state index contributed by atoms with van der Waals surface area (Å²) in [5.74, 6) is -1.40. The number of sulfone groups is 1. The number of amides is 3. The number of hydrogen-bond donors (Lipinski definition) is 1. The summed E-state index contributed by atoms with van der Waals surface area (Å²) in [4.78, 5) is 41.7. The molecule has 3 amide bonds. The first-order chi connectivity index (χ1) is 17.7. The fourth-order valence-electron chi connectivity index (χ4n) is 3.84. The molecule has 1 fully saturated rings. The van der Waals surface area contributed by atoms with Crippen LogP contribution in [-0.2, 0) is 14.6 Å². The SMILES string of the molecule is COc1ccc(C(=O)N2CCN(C(=O)[C@@H](NC(=O)c3ccco3)S(=O)(=O)c3ccc(Cl)cc3)CC2)cc1. The predicted octanol–water partition coefficient (Wildman–Crippen LogP) is 2.46. The lowest BCUT2D eigenvalue weighted by molar-refractivity contribution is -0.132. The molecule has 12 heteroatoms. The van der Waals surface area contributed by atoms with Crippen LogP contribution in [0.4, 0.5) is 0 Å². The number of nitrogens with zero attached hydrogens (tertiary/aromatic N) is 2. The van der Waals surface area contributed by atoms with Crippen LogP contribution in [0.2, 0.25) is 5.02 Å². The second-order valence-corrected chi connectivity index (χ2v) is 10.6. The molecule has 0 bridgehead atoms. The molecule has 4 rings (SSSR count). The van der Waals surface area contributed by atoms with Gasteiger partial charge in [0.1, 0.15) is 5.75 Å². The number of piperazine rings is 1. The Bertz CT molecular complexity index is 1370. The van der Waals surface area contributed by atoms with E-state index in [2.05, 4.69) is 5.32 Å². The van der Waals surface area contributed by atoms with Crippen LogP contribution >= 0.6 is 11.6 Å². The van der Waals surface area contributed by atoms with Gasteiger partial charge in [-0.3, -0.25) is 14.4 Å². The van der Waals surface area contributed by atoms with Gasteiger partial charge in [0.2, 0.25) is 15.2 Å². The number of nitrogens with one attached hydrogen (secondary N) is 1. The van der Waals surface area contributed by atoms with Gasteiger partial charge in [0.15, 0.2) is 5.76 Å². The maximum atomic E-state index is 13.5. The first-order valence-electron chi connectivity index (χ1n) is 11.3. The molecule has 1 N–H and O–H groups in total. The zero-order valence-corrected chi connectivity index (χ0v) is 21.4. The van der Waals surface area contributed by atoms with Gasteiger partial charge in [-0.15, -0.1) is 0 Å². The van der Waals surface area contributed by atoms with E-state index in [4.69, 9.17) is 20.8 Å². The average molecular weight is 546 g/mol. The van der Waals surface area contributed by atoms with Crippen molar-refractivity contribution in [3.05, 3.63) is 83.3 Å². The molecule has 0 unspecified atom stereocenters. The van der Waals surface area contributed by atoms with Gasteiger partial charge >= 0.3 is 0 Å². The van der Waals surface area contributed by atoms with Crippen molar-refractivity contribution in [2.24, 2.45) is 0 Å². The Labute approximate surface area is 218 Å².